The molecular weight excluding hydrogens is 342 g/mol. The standard InChI is InChI=1S/C18H16ClN3OS/c1-12-9-17(20-11-15(12)19)22-18(24)21-10-14-7-8-16(23-14)13-5-3-2-4-6-13/h2-9,11H,10H2,1H3,(H2,20,21,22,24). The van der Waals surface area contributed by atoms with Crippen LogP contribution in [0, 0.1) is 6.92 Å². The number of nitrogens with zero attached hydrogens (tertiary/aromatic N) is 1. The predicted molar refractivity (Wildman–Crippen MR) is 101 cm³/mol. The van der Waals surface area contributed by atoms with Crippen molar-refractivity contribution in [3.05, 3.63) is 71.1 Å². The highest BCUT2D eigenvalue weighted by Gasteiger charge is 2.06. The highest BCUT2D eigenvalue weighted by atomic mass is 35.5. The number of furan rings is 1. The maximum absolute atomic E-state index is 5.96. The second kappa shape index (κ2) is 7.47. The Morgan fingerprint density at radius 2 is 2.00 bits per heavy atom. The van der Waals surface area contributed by atoms with Gasteiger partial charge in [0.05, 0.1) is 11.6 Å². The van der Waals surface area contributed by atoms with Crippen LogP contribution in [0.25, 0.3) is 11.3 Å². The number of pyridine rings is 1. The molecule has 0 saturated carbocycles. The van der Waals surface area contributed by atoms with Crippen LogP contribution in [0.15, 0.2) is 59.1 Å². The first kappa shape index (κ1) is 16.5. The summed E-state index contributed by atoms with van der Waals surface area (Å²) in [7, 11) is 0. The molecular formula is C18H16ClN3OS. The molecule has 0 aliphatic rings. The highest BCUT2D eigenvalue weighted by Crippen LogP contribution is 2.21. The van der Waals surface area contributed by atoms with E-state index in [2.05, 4.69) is 15.6 Å². The molecule has 2 N–H and O–H groups in total. The minimum atomic E-state index is 0.474. The largest absolute Gasteiger partial charge is 0.459 e. The molecule has 122 valence electrons. The van der Waals surface area contributed by atoms with E-state index in [1.807, 2.05) is 55.5 Å². The van der Waals surface area contributed by atoms with Crippen LogP contribution in [0.4, 0.5) is 5.82 Å². The van der Waals surface area contributed by atoms with E-state index in [1.165, 1.54) is 0 Å². The minimum Gasteiger partial charge on any atom is -0.459 e. The Kier molecular flexibility index (Phi) is 5.13. The van der Waals surface area contributed by atoms with Crippen molar-refractivity contribution in [1.29, 1.82) is 0 Å². The van der Waals surface area contributed by atoms with E-state index in [9.17, 15) is 0 Å². The lowest BCUT2D eigenvalue weighted by Crippen LogP contribution is -2.28. The SMILES string of the molecule is Cc1cc(NC(=S)NCc2ccc(-c3ccccc3)o2)ncc1Cl. The number of thiocarbonyl (C=S) groups is 1. The number of rotatable bonds is 4. The van der Waals surface area contributed by atoms with Gasteiger partial charge in [0.25, 0.3) is 0 Å². The quantitative estimate of drug-likeness (QED) is 0.657. The lowest BCUT2D eigenvalue weighted by Gasteiger charge is -2.09. The van der Waals surface area contributed by atoms with Gasteiger partial charge in [0, 0.05) is 11.8 Å². The molecule has 0 saturated heterocycles. The first-order valence-corrected chi connectivity index (χ1v) is 8.21. The Morgan fingerprint density at radius 3 is 2.75 bits per heavy atom. The van der Waals surface area contributed by atoms with Crippen LogP contribution in [-0.2, 0) is 6.54 Å². The molecule has 0 atom stereocenters. The molecule has 0 aliphatic carbocycles. The molecule has 0 spiro atoms. The van der Waals surface area contributed by atoms with Gasteiger partial charge < -0.3 is 15.1 Å². The van der Waals surface area contributed by atoms with Crippen LogP contribution in [-0.4, -0.2) is 10.1 Å². The van der Waals surface area contributed by atoms with Gasteiger partial charge in [-0.25, -0.2) is 4.98 Å². The van der Waals surface area contributed by atoms with Crippen molar-refractivity contribution in [3.8, 4) is 11.3 Å². The first-order chi connectivity index (χ1) is 11.6. The van der Waals surface area contributed by atoms with Crippen molar-refractivity contribution in [2.45, 2.75) is 13.5 Å². The normalized spacial score (nSPS) is 10.4. The number of hydrogen-bond acceptors (Lipinski definition) is 3. The van der Waals surface area contributed by atoms with E-state index in [0.717, 1.165) is 22.6 Å². The fourth-order valence-corrected chi connectivity index (χ4v) is 2.45. The molecule has 6 heteroatoms. The van der Waals surface area contributed by atoms with Crippen molar-refractivity contribution in [2.24, 2.45) is 0 Å². The molecule has 4 nitrogen and oxygen atoms in total. The molecule has 1 aromatic carbocycles. The Balaban J connectivity index is 1.56. The van der Waals surface area contributed by atoms with Crippen LogP contribution in [0.5, 0.6) is 0 Å². The highest BCUT2D eigenvalue weighted by molar-refractivity contribution is 7.80. The van der Waals surface area contributed by atoms with Gasteiger partial charge in [-0.15, -0.1) is 0 Å². The Hall–Kier alpha value is -2.37. The van der Waals surface area contributed by atoms with Crippen LogP contribution in [0.1, 0.15) is 11.3 Å². The van der Waals surface area contributed by atoms with E-state index < -0.39 is 0 Å². The molecule has 3 aromatic rings. The number of benzene rings is 1. The number of anilines is 1. The summed E-state index contributed by atoms with van der Waals surface area (Å²) in [4.78, 5) is 4.18. The fourth-order valence-electron chi connectivity index (χ4n) is 2.17. The monoisotopic (exact) mass is 357 g/mol. The molecule has 2 aromatic heterocycles. The average molecular weight is 358 g/mol. The Morgan fingerprint density at radius 1 is 1.21 bits per heavy atom. The smallest absolute Gasteiger partial charge is 0.172 e. The lowest BCUT2D eigenvalue weighted by molar-refractivity contribution is 0.516. The van der Waals surface area contributed by atoms with Gasteiger partial charge in [0.2, 0.25) is 0 Å². The topological polar surface area (TPSA) is 50.1 Å². The maximum Gasteiger partial charge on any atom is 0.172 e. The summed E-state index contributed by atoms with van der Waals surface area (Å²) in [5.74, 6) is 2.29. The maximum atomic E-state index is 5.96. The molecule has 3 rings (SSSR count). The molecule has 24 heavy (non-hydrogen) atoms. The third-order valence-corrected chi connectivity index (χ3v) is 4.07. The van der Waals surface area contributed by atoms with Crippen molar-refractivity contribution in [3.63, 3.8) is 0 Å². The molecule has 0 unspecified atom stereocenters. The van der Waals surface area contributed by atoms with Gasteiger partial charge in [0.1, 0.15) is 17.3 Å². The van der Waals surface area contributed by atoms with Crippen molar-refractivity contribution in [2.75, 3.05) is 5.32 Å². The molecule has 0 radical (unpaired) electrons. The predicted octanol–water partition coefficient (Wildman–Crippen LogP) is 4.79. The van der Waals surface area contributed by atoms with Crippen LogP contribution >= 0.6 is 23.8 Å². The van der Waals surface area contributed by atoms with E-state index in [4.69, 9.17) is 28.2 Å². The molecule has 0 amide bonds. The molecule has 0 bridgehead atoms. The van der Waals surface area contributed by atoms with Gasteiger partial charge >= 0.3 is 0 Å². The Bertz CT molecular complexity index is 848. The second-order valence-electron chi connectivity index (χ2n) is 5.26. The van der Waals surface area contributed by atoms with E-state index >= 15 is 0 Å². The second-order valence-corrected chi connectivity index (χ2v) is 6.07. The summed E-state index contributed by atoms with van der Waals surface area (Å²) < 4.78 is 5.82. The number of aromatic nitrogens is 1. The van der Waals surface area contributed by atoms with E-state index in [0.29, 0.717) is 22.5 Å². The minimum absolute atomic E-state index is 0.474. The molecule has 0 fully saturated rings. The van der Waals surface area contributed by atoms with Crippen LogP contribution < -0.4 is 10.6 Å². The molecule has 2 heterocycles. The summed E-state index contributed by atoms with van der Waals surface area (Å²) in [6.07, 6.45) is 1.60. The third-order valence-electron chi connectivity index (χ3n) is 3.43. The van der Waals surface area contributed by atoms with Gasteiger partial charge in [-0.2, -0.15) is 0 Å². The van der Waals surface area contributed by atoms with Gasteiger partial charge in [-0.1, -0.05) is 41.9 Å². The lowest BCUT2D eigenvalue weighted by atomic mass is 10.2. The number of halogens is 1. The van der Waals surface area contributed by atoms with Crippen molar-refractivity contribution >= 4 is 34.7 Å². The Labute approximate surface area is 150 Å². The number of nitrogens with one attached hydrogen (secondary N) is 2. The van der Waals surface area contributed by atoms with Gasteiger partial charge in [0.15, 0.2) is 5.11 Å². The van der Waals surface area contributed by atoms with E-state index in [-0.39, 0.29) is 0 Å². The zero-order chi connectivity index (χ0) is 16.9. The number of aryl methyl sites for hydroxylation is 1. The zero-order valence-electron chi connectivity index (χ0n) is 13.0. The summed E-state index contributed by atoms with van der Waals surface area (Å²) in [6, 6.07) is 15.7. The average Bonchev–Trinajstić information content (AvgIpc) is 3.06. The summed E-state index contributed by atoms with van der Waals surface area (Å²) in [6.45, 7) is 2.41. The first-order valence-electron chi connectivity index (χ1n) is 7.43. The summed E-state index contributed by atoms with van der Waals surface area (Å²) in [5, 5.41) is 7.23. The molecule has 0 aliphatic heterocycles. The summed E-state index contributed by atoms with van der Waals surface area (Å²) >= 11 is 11.2. The fraction of sp³-hybridized carbons (Fsp3) is 0.111. The summed E-state index contributed by atoms with van der Waals surface area (Å²) in [5.41, 5.74) is 1.99. The van der Waals surface area contributed by atoms with Gasteiger partial charge in [-0.3, -0.25) is 0 Å². The van der Waals surface area contributed by atoms with E-state index in [1.54, 1.807) is 6.20 Å². The van der Waals surface area contributed by atoms with Crippen LogP contribution in [0.3, 0.4) is 0 Å². The van der Waals surface area contributed by atoms with Crippen LogP contribution in [0.2, 0.25) is 5.02 Å². The number of hydrogen-bond donors (Lipinski definition) is 2. The van der Waals surface area contributed by atoms with Gasteiger partial charge in [-0.05, 0) is 42.9 Å². The van der Waals surface area contributed by atoms with Crippen molar-refractivity contribution < 1.29 is 4.42 Å². The zero-order valence-corrected chi connectivity index (χ0v) is 14.6. The third kappa shape index (κ3) is 4.13. The van der Waals surface area contributed by atoms with Crippen molar-refractivity contribution in [1.82, 2.24) is 10.3 Å².